The van der Waals surface area contributed by atoms with Crippen molar-refractivity contribution in [1.29, 1.82) is 0 Å². The number of phenolic OH excluding ortho intramolecular Hbond substituents is 1. The molecule has 0 radical (unpaired) electrons. The van der Waals surface area contributed by atoms with Crippen LogP contribution in [-0.2, 0) is 4.74 Å². The van der Waals surface area contributed by atoms with Gasteiger partial charge in [-0.15, -0.1) is 0 Å². The molecule has 0 fully saturated rings. The lowest BCUT2D eigenvalue weighted by atomic mass is 9.82. The van der Waals surface area contributed by atoms with Crippen molar-refractivity contribution in [3.63, 3.8) is 0 Å². The number of carbonyl (C=O) groups is 2. The minimum atomic E-state index is -0.788. The lowest BCUT2D eigenvalue weighted by Gasteiger charge is -2.24. The second kappa shape index (κ2) is 12.6. The van der Waals surface area contributed by atoms with Gasteiger partial charge in [-0.1, -0.05) is 26.3 Å². The summed E-state index contributed by atoms with van der Waals surface area (Å²) in [5, 5.41) is 12.3. The number of phenols is 1. The van der Waals surface area contributed by atoms with E-state index in [1.165, 1.54) is 42.7 Å². The predicted molar refractivity (Wildman–Crippen MR) is 148 cm³/mol. The van der Waals surface area contributed by atoms with Gasteiger partial charge in [0.2, 0.25) is 5.75 Å². The fourth-order valence-electron chi connectivity index (χ4n) is 4.99. The number of benzene rings is 3. The molecule has 3 aromatic carbocycles. The monoisotopic (exact) mass is 540 g/mol. The number of hydrogen-bond donors (Lipinski definition) is 1. The lowest BCUT2D eigenvalue weighted by molar-refractivity contribution is 0.0596. The highest BCUT2D eigenvalue weighted by Gasteiger charge is 2.35. The minimum absolute atomic E-state index is 0.0835. The van der Waals surface area contributed by atoms with E-state index in [1.807, 2.05) is 13.8 Å². The Morgan fingerprint density at radius 3 is 1.95 bits per heavy atom. The van der Waals surface area contributed by atoms with E-state index in [0.717, 1.165) is 6.42 Å². The largest absolute Gasteiger partial charge is 0.507 e. The first-order valence-corrected chi connectivity index (χ1v) is 12.6. The number of esters is 1. The van der Waals surface area contributed by atoms with Crippen molar-refractivity contribution < 1.29 is 43.1 Å². The highest BCUT2D eigenvalue weighted by atomic mass is 16.5. The zero-order valence-electron chi connectivity index (χ0n) is 23.7. The molecule has 0 aliphatic heterocycles. The van der Waals surface area contributed by atoms with Gasteiger partial charge in [0.15, 0.2) is 28.8 Å². The van der Waals surface area contributed by atoms with Gasteiger partial charge in [0.1, 0.15) is 5.75 Å². The quantitative estimate of drug-likeness (QED) is 0.217. The summed E-state index contributed by atoms with van der Waals surface area (Å²) in [6.45, 7) is 3.88. The number of ether oxygens (including phenoxy) is 6. The molecular weight excluding hydrogens is 504 g/mol. The van der Waals surface area contributed by atoms with Gasteiger partial charge in [-0.25, -0.2) is 4.79 Å². The van der Waals surface area contributed by atoms with E-state index in [0.29, 0.717) is 40.9 Å². The van der Waals surface area contributed by atoms with Crippen LogP contribution in [-0.4, -0.2) is 59.5 Å². The van der Waals surface area contributed by atoms with Gasteiger partial charge in [-0.05, 0) is 36.6 Å². The molecule has 0 aliphatic rings. The second-order valence-electron chi connectivity index (χ2n) is 8.86. The molecule has 0 aromatic heterocycles. The summed E-state index contributed by atoms with van der Waals surface area (Å²) < 4.78 is 33.0. The highest BCUT2D eigenvalue weighted by Crippen LogP contribution is 2.53. The molecule has 1 atom stereocenters. The number of methoxy groups -OCH3 is 6. The van der Waals surface area contributed by atoms with Gasteiger partial charge in [-0.3, -0.25) is 4.79 Å². The van der Waals surface area contributed by atoms with Gasteiger partial charge in [-0.2, -0.15) is 0 Å². The fourth-order valence-corrected chi connectivity index (χ4v) is 4.99. The van der Waals surface area contributed by atoms with Crippen LogP contribution in [0, 0.1) is 5.92 Å². The van der Waals surface area contributed by atoms with Gasteiger partial charge in [0.25, 0.3) is 0 Å². The van der Waals surface area contributed by atoms with Crippen molar-refractivity contribution in [2.45, 2.75) is 33.1 Å². The first-order chi connectivity index (χ1) is 18.8. The third-order valence-electron chi connectivity index (χ3n) is 6.88. The Bertz CT molecular complexity index is 1380. The number of carbonyl (C=O) groups excluding carboxylic acids is 2. The molecule has 0 saturated heterocycles. The normalized spacial score (nSPS) is 11.6. The van der Waals surface area contributed by atoms with Crippen LogP contribution in [0.2, 0.25) is 0 Å². The van der Waals surface area contributed by atoms with Crippen LogP contribution in [0.5, 0.6) is 34.5 Å². The SMILES string of the molecule is CCCC(CC)C(=O)c1c(C(=O)OC)c(-c2ccc(OC)c(OC)c2)c2c(OC)c(OC)c(OC)cc2c1O. The molecule has 0 bridgehead atoms. The molecule has 210 valence electrons. The smallest absolute Gasteiger partial charge is 0.339 e. The average molecular weight is 541 g/mol. The van der Waals surface area contributed by atoms with Gasteiger partial charge < -0.3 is 33.5 Å². The highest BCUT2D eigenvalue weighted by molar-refractivity contribution is 6.22. The van der Waals surface area contributed by atoms with Crippen LogP contribution in [0.3, 0.4) is 0 Å². The van der Waals surface area contributed by atoms with E-state index in [2.05, 4.69) is 0 Å². The standard InChI is InChI=1S/C30H36O9/c1-9-11-16(10-2)26(31)25-24(30(33)39-8)22(17-12-13-19(34-3)20(14-17)35-4)23-18(27(25)32)15-21(36-5)28(37-6)29(23)38-7/h12-16,32H,9-11H2,1-8H3. The molecular formula is C30H36O9. The maximum absolute atomic E-state index is 14.0. The van der Waals surface area contributed by atoms with Crippen LogP contribution in [0.4, 0.5) is 0 Å². The summed E-state index contributed by atoms with van der Waals surface area (Å²) in [5.74, 6) is -0.316. The van der Waals surface area contributed by atoms with E-state index < -0.39 is 11.9 Å². The molecule has 3 aromatic rings. The second-order valence-corrected chi connectivity index (χ2v) is 8.86. The maximum Gasteiger partial charge on any atom is 0.339 e. The van der Waals surface area contributed by atoms with Crippen molar-refractivity contribution in [2.75, 3.05) is 42.7 Å². The minimum Gasteiger partial charge on any atom is -0.507 e. The van der Waals surface area contributed by atoms with Crippen molar-refractivity contribution in [3.8, 4) is 45.6 Å². The maximum atomic E-state index is 14.0. The van der Waals surface area contributed by atoms with E-state index in [4.69, 9.17) is 28.4 Å². The third kappa shape index (κ3) is 5.13. The van der Waals surface area contributed by atoms with Gasteiger partial charge in [0, 0.05) is 22.3 Å². The Balaban J connectivity index is 2.70. The number of ketones is 1. The zero-order chi connectivity index (χ0) is 28.9. The van der Waals surface area contributed by atoms with E-state index in [-0.39, 0.29) is 45.3 Å². The number of Topliss-reactive ketones (excluding diaryl/α,β-unsaturated/α-hetero) is 1. The number of fused-ring (bicyclic) bond motifs is 1. The van der Waals surface area contributed by atoms with Crippen molar-refractivity contribution >= 4 is 22.5 Å². The van der Waals surface area contributed by atoms with Crippen molar-refractivity contribution in [3.05, 3.63) is 35.4 Å². The fraction of sp³-hybridized carbons (Fsp3) is 0.400. The Hall–Kier alpha value is -4.14. The topological polar surface area (TPSA) is 110 Å². The zero-order valence-corrected chi connectivity index (χ0v) is 23.7. The summed E-state index contributed by atoms with van der Waals surface area (Å²) in [5.41, 5.74) is 0.609. The Morgan fingerprint density at radius 1 is 0.795 bits per heavy atom. The number of hydrogen-bond acceptors (Lipinski definition) is 9. The van der Waals surface area contributed by atoms with Crippen LogP contribution >= 0.6 is 0 Å². The first kappa shape index (κ1) is 29.4. The molecule has 9 heteroatoms. The number of aromatic hydroxyl groups is 1. The molecule has 0 saturated carbocycles. The summed E-state index contributed by atoms with van der Waals surface area (Å²) in [6, 6.07) is 6.67. The number of rotatable bonds is 12. The van der Waals surface area contributed by atoms with Gasteiger partial charge >= 0.3 is 5.97 Å². The average Bonchev–Trinajstić information content (AvgIpc) is 2.97. The van der Waals surface area contributed by atoms with Crippen LogP contribution in [0.15, 0.2) is 24.3 Å². The molecule has 9 nitrogen and oxygen atoms in total. The summed E-state index contributed by atoms with van der Waals surface area (Å²) in [4.78, 5) is 27.5. The molecule has 0 spiro atoms. The molecule has 0 aliphatic carbocycles. The summed E-state index contributed by atoms with van der Waals surface area (Å²) in [7, 11) is 8.60. The molecule has 3 rings (SSSR count). The van der Waals surface area contributed by atoms with Gasteiger partial charge in [0.05, 0.1) is 53.8 Å². The van der Waals surface area contributed by atoms with Crippen LogP contribution in [0.25, 0.3) is 21.9 Å². The Kier molecular flexibility index (Phi) is 9.51. The van der Waals surface area contributed by atoms with E-state index in [1.54, 1.807) is 24.3 Å². The summed E-state index contributed by atoms with van der Waals surface area (Å²) >= 11 is 0. The van der Waals surface area contributed by atoms with E-state index >= 15 is 0 Å². The Labute approximate surface area is 228 Å². The lowest BCUT2D eigenvalue weighted by Crippen LogP contribution is -2.20. The van der Waals surface area contributed by atoms with Crippen LogP contribution in [0.1, 0.15) is 53.8 Å². The van der Waals surface area contributed by atoms with Crippen molar-refractivity contribution in [2.24, 2.45) is 5.92 Å². The molecule has 0 amide bonds. The third-order valence-corrected chi connectivity index (χ3v) is 6.88. The first-order valence-electron chi connectivity index (χ1n) is 12.6. The van der Waals surface area contributed by atoms with E-state index in [9.17, 15) is 14.7 Å². The summed E-state index contributed by atoms with van der Waals surface area (Å²) in [6.07, 6.45) is 1.88. The molecule has 1 N–H and O–H groups in total. The molecule has 0 heterocycles. The Morgan fingerprint density at radius 2 is 1.44 bits per heavy atom. The predicted octanol–water partition coefficient (Wildman–Crippen LogP) is 6.05. The van der Waals surface area contributed by atoms with Crippen LogP contribution < -0.4 is 23.7 Å². The molecule has 39 heavy (non-hydrogen) atoms. The molecule has 1 unspecified atom stereocenters. The van der Waals surface area contributed by atoms with Crippen molar-refractivity contribution in [1.82, 2.24) is 0 Å².